The minimum absolute atomic E-state index is 0.0618. The molecule has 1 heterocycles. The van der Waals surface area contributed by atoms with Gasteiger partial charge in [0.1, 0.15) is 5.60 Å². The van der Waals surface area contributed by atoms with Crippen molar-refractivity contribution in [3.63, 3.8) is 0 Å². The molecule has 0 fully saturated rings. The Hall–Kier alpha value is -2.73. The molecule has 0 saturated carbocycles. The van der Waals surface area contributed by atoms with Gasteiger partial charge in [-0.1, -0.05) is 64.5 Å². The van der Waals surface area contributed by atoms with Crippen molar-refractivity contribution in [1.82, 2.24) is 4.90 Å². The lowest BCUT2D eigenvalue weighted by molar-refractivity contribution is -0.125. The van der Waals surface area contributed by atoms with Crippen LogP contribution in [0.25, 0.3) is 0 Å². The number of benzene rings is 2. The first-order valence-electron chi connectivity index (χ1n) is 9.74. The summed E-state index contributed by atoms with van der Waals surface area (Å²) in [7, 11) is 0. The molecule has 0 bridgehead atoms. The molecule has 0 radical (unpaired) electrons. The predicted octanol–water partition coefficient (Wildman–Crippen LogP) is 5.51. The zero-order valence-corrected chi connectivity index (χ0v) is 18.8. The maximum absolute atomic E-state index is 13.0. The van der Waals surface area contributed by atoms with Crippen molar-refractivity contribution in [2.24, 2.45) is 0 Å². The molecule has 2 atom stereocenters. The molecule has 0 N–H and O–H groups in total. The average Bonchev–Trinajstić information content (AvgIpc) is 3.07. The highest BCUT2D eigenvalue weighted by Gasteiger charge is 2.40. The molecule has 2 amide bonds. The molecule has 0 unspecified atom stereocenters. The number of carbonyl (C=O) groups is 3. The Balaban J connectivity index is 1.92. The molecular weight excluding hydrogens is 446 g/mol. The van der Waals surface area contributed by atoms with Gasteiger partial charge >= 0.3 is 6.09 Å². The molecule has 0 saturated heterocycles. The van der Waals surface area contributed by atoms with Crippen molar-refractivity contribution in [1.29, 1.82) is 0 Å². The van der Waals surface area contributed by atoms with Crippen molar-refractivity contribution in [2.45, 2.75) is 44.8 Å². The zero-order valence-electron chi connectivity index (χ0n) is 17.2. The van der Waals surface area contributed by atoms with Crippen molar-refractivity contribution < 1.29 is 19.1 Å². The van der Waals surface area contributed by atoms with Gasteiger partial charge in [-0.15, -0.1) is 0 Å². The van der Waals surface area contributed by atoms with E-state index in [0.29, 0.717) is 5.56 Å². The van der Waals surface area contributed by atoms with E-state index >= 15 is 0 Å². The summed E-state index contributed by atoms with van der Waals surface area (Å²) >= 11 is 3.37. The maximum atomic E-state index is 13.0. The smallest absolute Gasteiger partial charge is 0.417 e. The third-order valence-corrected chi connectivity index (χ3v) is 5.30. The fourth-order valence-electron chi connectivity index (χ4n) is 3.42. The predicted molar refractivity (Wildman–Crippen MR) is 118 cm³/mol. The molecule has 6 heteroatoms. The molecule has 0 spiro atoms. The minimum Gasteiger partial charge on any atom is -0.443 e. The minimum atomic E-state index is -0.736. The highest BCUT2D eigenvalue weighted by Crippen LogP contribution is 2.33. The largest absolute Gasteiger partial charge is 0.443 e. The summed E-state index contributed by atoms with van der Waals surface area (Å²) in [5.74, 6) is -0.892. The van der Waals surface area contributed by atoms with E-state index in [1.807, 2.05) is 42.5 Å². The molecule has 1 aliphatic heterocycles. The standard InChI is InChI=1S/C24H24BrNO4/c1-24(2,3)30-23(29)26-20(13-14-22(26)28)19(16-7-5-4-6-8-16)15-21(27)17-9-11-18(25)12-10-17/h4-14,19-20H,15H2,1-3H3/t19-,20+/m1/s1. The van der Waals surface area contributed by atoms with Crippen LogP contribution < -0.4 is 0 Å². The van der Waals surface area contributed by atoms with Crippen LogP contribution >= 0.6 is 15.9 Å². The van der Waals surface area contributed by atoms with Gasteiger partial charge in [-0.3, -0.25) is 9.59 Å². The van der Waals surface area contributed by atoms with Gasteiger partial charge < -0.3 is 4.74 Å². The first-order chi connectivity index (χ1) is 14.2. The van der Waals surface area contributed by atoms with Crippen LogP contribution in [0, 0.1) is 0 Å². The van der Waals surface area contributed by atoms with Gasteiger partial charge in [-0.25, -0.2) is 9.69 Å². The lowest BCUT2D eigenvalue weighted by Crippen LogP contribution is -2.45. The van der Waals surface area contributed by atoms with E-state index in [0.717, 1.165) is 14.9 Å². The second kappa shape index (κ2) is 8.96. The number of carbonyl (C=O) groups excluding carboxylic acids is 3. The number of ketones is 1. The van der Waals surface area contributed by atoms with Gasteiger partial charge in [-0.05, 0) is 38.5 Å². The van der Waals surface area contributed by atoms with E-state index in [4.69, 9.17) is 4.74 Å². The van der Waals surface area contributed by atoms with Crippen LogP contribution in [0.5, 0.6) is 0 Å². The van der Waals surface area contributed by atoms with Crippen LogP contribution in [-0.4, -0.2) is 34.3 Å². The van der Waals surface area contributed by atoms with Crippen molar-refractivity contribution in [2.75, 3.05) is 0 Å². The van der Waals surface area contributed by atoms with Crippen LogP contribution in [0.1, 0.15) is 49.0 Å². The van der Waals surface area contributed by atoms with Crippen molar-refractivity contribution >= 4 is 33.7 Å². The summed E-state index contributed by atoms with van der Waals surface area (Å²) in [6.45, 7) is 5.25. The van der Waals surface area contributed by atoms with Gasteiger partial charge in [0.05, 0.1) is 6.04 Å². The summed E-state index contributed by atoms with van der Waals surface area (Å²) in [6, 6.07) is 16.0. The number of nitrogens with zero attached hydrogens (tertiary/aromatic N) is 1. The van der Waals surface area contributed by atoms with E-state index in [1.165, 1.54) is 6.08 Å². The normalized spacial score (nSPS) is 17.1. The first-order valence-corrected chi connectivity index (χ1v) is 10.5. The number of hydrogen-bond acceptors (Lipinski definition) is 4. The lowest BCUT2D eigenvalue weighted by Gasteiger charge is -2.32. The molecule has 3 rings (SSSR count). The summed E-state index contributed by atoms with van der Waals surface area (Å²) in [5.41, 5.74) is 0.720. The fraction of sp³-hybridized carbons (Fsp3) is 0.292. The number of Topliss-reactive ketones (excluding diaryl/α,β-unsaturated/α-hetero) is 1. The molecule has 30 heavy (non-hydrogen) atoms. The topological polar surface area (TPSA) is 63.7 Å². The number of hydrogen-bond donors (Lipinski definition) is 0. The van der Waals surface area contributed by atoms with E-state index in [-0.39, 0.29) is 12.2 Å². The zero-order chi connectivity index (χ0) is 21.9. The third-order valence-electron chi connectivity index (χ3n) is 4.77. The van der Waals surface area contributed by atoms with E-state index < -0.39 is 29.6 Å². The molecule has 2 aromatic carbocycles. The Morgan fingerprint density at radius 1 is 1.07 bits per heavy atom. The van der Waals surface area contributed by atoms with E-state index in [1.54, 1.807) is 39.0 Å². The highest BCUT2D eigenvalue weighted by atomic mass is 79.9. The molecule has 156 valence electrons. The third kappa shape index (κ3) is 5.25. The Morgan fingerprint density at radius 3 is 2.30 bits per heavy atom. The van der Waals surface area contributed by atoms with Gasteiger partial charge in [0.15, 0.2) is 5.78 Å². The van der Waals surface area contributed by atoms with Crippen LogP contribution in [0.4, 0.5) is 4.79 Å². The molecular formula is C24H24BrNO4. The Morgan fingerprint density at radius 2 is 1.70 bits per heavy atom. The summed E-state index contributed by atoms with van der Waals surface area (Å²) < 4.78 is 6.34. The quantitative estimate of drug-likeness (QED) is 0.541. The number of imide groups is 1. The van der Waals surface area contributed by atoms with Gasteiger partial charge in [0.2, 0.25) is 0 Å². The highest BCUT2D eigenvalue weighted by molar-refractivity contribution is 9.10. The maximum Gasteiger partial charge on any atom is 0.417 e. The Labute approximate surface area is 184 Å². The number of amides is 2. The van der Waals surface area contributed by atoms with Crippen molar-refractivity contribution in [3.8, 4) is 0 Å². The second-order valence-electron chi connectivity index (χ2n) is 8.19. The van der Waals surface area contributed by atoms with Gasteiger partial charge in [0, 0.05) is 28.5 Å². The molecule has 0 aromatic heterocycles. The summed E-state index contributed by atoms with van der Waals surface area (Å²) in [4.78, 5) is 39.4. The Kier molecular flexibility index (Phi) is 6.56. The molecule has 0 aliphatic carbocycles. The first kappa shape index (κ1) is 22.0. The van der Waals surface area contributed by atoms with E-state index in [9.17, 15) is 14.4 Å². The number of rotatable bonds is 5. The molecule has 1 aliphatic rings. The van der Waals surface area contributed by atoms with Crippen molar-refractivity contribution in [3.05, 3.63) is 82.3 Å². The molecule has 2 aromatic rings. The summed E-state index contributed by atoms with van der Waals surface area (Å²) in [5, 5.41) is 0. The Bertz CT molecular complexity index is 961. The van der Waals surface area contributed by atoms with Crippen LogP contribution in [0.15, 0.2) is 71.2 Å². The number of halogens is 1. The monoisotopic (exact) mass is 469 g/mol. The lowest BCUT2D eigenvalue weighted by atomic mass is 9.85. The summed E-state index contributed by atoms with van der Waals surface area (Å²) in [6.07, 6.45) is 2.49. The van der Waals surface area contributed by atoms with E-state index in [2.05, 4.69) is 15.9 Å². The number of ether oxygens (including phenoxy) is 1. The van der Waals surface area contributed by atoms with Crippen LogP contribution in [0.3, 0.4) is 0 Å². The molecule has 5 nitrogen and oxygen atoms in total. The fourth-order valence-corrected chi connectivity index (χ4v) is 3.68. The van der Waals surface area contributed by atoms with Crippen LogP contribution in [-0.2, 0) is 9.53 Å². The average molecular weight is 470 g/mol. The van der Waals surface area contributed by atoms with Crippen LogP contribution in [0.2, 0.25) is 0 Å². The van der Waals surface area contributed by atoms with Gasteiger partial charge in [0.25, 0.3) is 5.91 Å². The second-order valence-corrected chi connectivity index (χ2v) is 9.11. The van der Waals surface area contributed by atoms with Gasteiger partial charge in [-0.2, -0.15) is 0 Å². The SMILES string of the molecule is CC(C)(C)OC(=O)N1C(=O)C=C[C@H]1[C@H](CC(=O)c1ccc(Br)cc1)c1ccccc1.